The molecule has 0 radical (unpaired) electrons. The van der Waals surface area contributed by atoms with Crippen LogP contribution >= 0.6 is 0 Å². The second kappa shape index (κ2) is 9.49. The highest BCUT2D eigenvalue weighted by Crippen LogP contribution is 2.65. The van der Waals surface area contributed by atoms with Gasteiger partial charge in [0, 0.05) is 17.3 Å². The van der Waals surface area contributed by atoms with Gasteiger partial charge in [-0.15, -0.1) is 0 Å². The lowest BCUT2D eigenvalue weighted by molar-refractivity contribution is -0.202. The molecule has 1 aromatic rings. The number of hydrogen-bond donors (Lipinski definition) is 0. The second-order valence-electron chi connectivity index (χ2n) is 15.4. The Bertz CT molecular complexity index is 1320. The number of carbonyl (C=O) groups is 2. The summed E-state index contributed by atoms with van der Waals surface area (Å²) in [6.07, 6.45) is 5.67. The fourth-order valence-electron chi connectivity index (χ4n) is 8.85. The molecule has 0 N–H and O–H groups in total. The lowest BCUT2D eigenvalue weighted by Gasteiger charge is -2.58. The zero-order valence-electron chi connectivity index (χ0n) is 26.4. The van der Waals surface area contributed by atoms with Crippen molar-refractivity contribution in [2.45, 2.75) is 117 Å². The van der Waals surface area contributed by atoms with Gasteiger partial charge in [0.15, 0.2) is 14.1 Å². The minimum absolute atomic E-state index is 0.0325. The van der Waals surface area contributed by atoms with Crippen molar-refractivity contribution in [3.8, 4) is 0 Å². The molecule has 3 aliphatic carbocycles. The van der Waals surface area contributed by atoms with Crippen molar-refractivity contribution in [2.75, 3.05) is 0 Å². The molecule has 9 atom stereocenters. The van der Waals surface area contributed by atoms with Crippen LogP contribution in [0.15, 0.2) is 47.6 Å². The molecule has 5 nitrogen and oxygen atoms in total. The zero-order valence-corrected chi connectivity index (χ0v) is 27.4. The SMILES string of the molecule is CC[C@H]1[C@@H]2CC3=C(C)[C@H](c4ccc(CO[Si](C)(C)C(C)(C)C)cc4)C[C@@H]3O[C@@H]2[C@@H]2OC(=O)[C@]3(C)C=CC(=O)[C@@]1(C)[C@@H]23. The predicted octanol–water partition coefficient (Wildman–Crippen LogP) is 7.52. The Balaban J connectivity index is 1.25. The van der Waals surface area contributed by atoms with Gasteiger partial charge in [-0.2, -0.15) is 0 Å². The summed E-state index contributed by atoms with van der Waals surface area (Å²) in [6.45, 7) is 20.6. The molecule has 0 unspecified atom stereocenters. The molecular weight excluding hydrogens is 528 g/mol. The van der Waals surface area contributed by atoms with E-state index in [1.165, 1.54) is 22.3 Å². The monoisotopic (exact) mass is 576 g/mol. The fourth-order valence-corrected chi connectivity index (χ4v) is 9.81. The molecule has 0 spiro atoms. The summed E-state index contributed by atoms with van der Waals surface area (Å²) in [5, 5.41) is 0.193. The number of benzene rings is 1. The number of ether oxygens (including phenoxy) is 2. The molecule has 2 aliphatic heterocycles. The first kappa shape index (κ1) is 29.1. The molecule has 3 fully saturated rings. The van der Waals surface area contributed by atoms with Crippen molar-refractivity contribution in [3.63, 3.8) is 0 Å². The van der Waals surface area contributed by atoms with Crippen LogP contribution in [-0.2, 0) is 30.1 Å². The third kappa shape index (κ3) is 4.14. The van der Waals surface area contributed by atoms with Gasteiger partial charge in [-0.25, -0.2) is 0 Å². The smallest absolute Gasteiger partial charge is 0.316 e. The van der Waals surface area contributed by atoms with Gasteiger partial charge in [-0.1, -0.05) is 77.0 Å². The summed E-state index contributed by atoms with van der Waals surface area (Å²) in [5.41, 5.74) is 3.94. The molecule has 2 heterocycles. The molecule has 0 bridgehead atoms. The van der Waals surface area contributed by atoms with Crippen molar-refractivity contribution in [1.82, 2.24) is 0 Å². The van der Waals surface area contributed by atoms with E-state index in [0.717, 1.165) is 19.3 Å². The Labute approximate surface area is 247 Å². The van der Waals surface area contributed by atoms with Gasteiger partial charge in [0.25, 0.3) is 0 Å². The van der Waals surface area contributed by atoms with Crippen LogP contribution in [0.3, 0.4) is 0 Å². The number of rotatable bonds is 5. The highest BCUT2D eigenvalue weighted by molar-refractivity contribution is 6.74. The molecule has 6 heteroatoms. The number of ketones is 1. The summed E-state index contributed by atoms with van der Waals surface area (Å²) in [4.78, 5) is 26.8. The number of fused-ring (bicyclic) bond motifs is 3. The van der Waals surface area contributed by atoms with Gasteiger partial charge in [-0.05, 0) is 79.4 Å². The van der Waals surface area contributed by atoms with E-state index in [9.17, 15) is 9.59 Å². The maximum absolute atomic E-state index is 13.6. The highest BCUT2D eigenvalue weighted by Gasteiger charge is 2.72. The van der Waals surface area contributed by atoms with Crippen LogP contribution in [0.25, 0.3) is 0 Å². The third-order valence-electron chi connectivity index (χ3n) is 12.3. The van der Waals surface area contributed by atoms with E-state index < -0.39 is 19.1 Å². The maximum Gasteiger partial charge on any atom is 0.316 e. The average Bonchev–Trinajstić information content (AvgIpc) is 3.38. The van der Waals surface area contributed by atoms with Crippen LogP contribution in [0.1, 0.15) is 84.8 Å². The highest BCUT2D eigenvalue weighted by atomic mass is 28.4. The first-order valence-corrected chi connectivity index (χ1v) is 18.6. The Morgan fingerprint density at radius 1 is 1.07 bits per heavy atom. The third-order valence-corrected chi connectivity index (χ3v) is 16.8. The average molecular weight is 577 g/mol. The number of esters is 1. The molecule has 0 amide bonds. The Morgan fingerprint density at radius 2 is 1.76 bits per heavy atom. The van der Waals surface area contributed by atoms with Crippen LogP contribution < -0.4 is 0 Å². The molecule has 1 aromatic carbocycles. The number of carbonyl (C=O) groups excluding carboxylic acids is 2. The van der Waals surface area contributed by atoms with E-state index in [1.807, 2.05) is 13.0 Å². The Hall–Kier alpha value is -2.02. The van der Waals surface area contributed by atoms with Gasteiger partial charge >= 0.3 is 5.97 Å². The van der Waals surface area contributed by atoms with E-state index in [1.54, 1.807) is 6.08 Å². The lowest BCUT2D eigenvalue weighted by atomic mass is 9.45. The van der Waals surface area contributed by atoms with Crippen molar-refractivity contribution in [2.24, 2.45) is 28.6 Å². The molecule has 41 heavy (non-hydrogen) atoms. The van der Waals surface area contributed by atoms with E-state index in [0.29, 0.717) is 12.5 Å². The van der Waals surface area contributed by atoms with Gasteiger partial charge in [0.2, 0.25) is 0 Å². The largest absolute Gasteiger partial charge is 0.459 e. The standard InChI is InChI=1S/C35H48O5Si/c1-10-26-25-17-24-20(2)23(22-13-11-21(12-14-22)19-38-41(8,9)33(3,4)5)18-27(24)39-29(25)30-31-34(6,32(37)40-30)16-15-28(36)35(26,31)7/h11-16,23,25-27,29-31H,10,17-19H2,1-9H3/t23-,25+,26+,27+,29+,30+,31+,34-,35+/m1/s1. The van der Waals surface area contributed by atoms with Gasteiger partial charge in [0.1, 0.15) is 6.10 Å². The molecular formula is C35H48O5Si. The topological polar surface area (TPSA) is 61.8 Å². The molecule has 6 rings (SSSR count). The lowest BCUT2D eigenvalue weighted by Crippen LogP contribution is -2.64. The minimum atomic E-state index is -1.80. The van der Waals surface area contributed by atoms with Crippen LogP contribution in [-0.4, -0.2) is 38.4 Å². The summed E-state index contributed by atoms with van der Waals surface area (Å²) in [5.74, 6) is 0.357. The first-order valence-electron chi connectivity index (χ1n) is 15.7. The van der Waals surface area contributed by atoms with Crippen LogP contribution in [0.5, 0.6) is 0 Å². The molecule has 5 aliphatic rings. The van der Waals surface area contributed by atoms with Gasteiger partial charge in [-0.3, -0.25) is 9.59 Å². The zero-order chi connectivity index (χ0) is 29.7. The Kier molecular flexibility index (Phi) is 6.73. The van der Waals surface area contributed by atoms with Crippen molar-refractivity contribution in [1.29, 1.82) is 0 Å². The summed E-state index contributed by atoms with van der Waals surface area (Å²) in [6, 6.07) is 8.98. The quantitative estimate of drug-likeness (QED) is 0.206. The fraction of sp³-hybridized carbons (Fsp3) is 0.657. The van der Waals surface area contributed by atoms with Crippen molar-refractivity contribution >= 4 is 20.1 Å². The molecule has 2 saturated heterocycles. The Morgan fingerprint density at radius 3 is 2.39 bits per heavy atom. The van der Waals surface area contributed by atoms with Gasteiger partial charge in [0.05, 0.1) is 24.2 Å². The van der Waals surface area contributed by atoms with Crippen LogP contribution in [0.2, 0.25) is 18.1 Å². The van der Waals surface area contributed by atoms with Crippen molar-refractivity contribution < 1.29 is 23.5 Å². The normalized spacial score (nSPS) is 39.9. The first-order chi connectivity index (χ1) is 19.1. The van der Waals surface area contributed by atoms with Gasteiger partial charge < -0.3 is 13.9 Å². The molecule has 222 valence electrons. The van der Waals surface area contributed by atoms with E-state index >= 15 is 0 Å². The van der Waals surface area contributed by atoms with E-state index in [2.05, 4.69) is 78.9 Å². The summed E-state index contributed by atoms with van der Waals surface area (Å²) >= 11 is 0. The summed E-state index contributed by atoms with van der Waals surface area (Å²) < 4.78 is 19.6. The number of allylic oxidation sites excluding steroid dienone is 2. The van der Waals surface area contributed by atoms with E-state index in [4.69, 9.17) is 13.9 Å². The maximum atomic E-state index is 13.6. The number of hydrogen-bond acceptors (Lipinski definition) is 5. The summed E-state index contributed by atoms with van der Waals surface area (Å²) in [7, 11) is -1.80. The molecule has 1 saturated carbocycles. The predicted molar refractivity (Wildman–Crippen MR) is 163 cm³/mol. The van der Waals surface area contributed by atoms with E-state index in [-0.39, 0.29) is 52.9 Å². The second-order valence-corrected chi connectivity index (χ2v) is 20.2. The molecule has 0 aromatic heterocycles. The minimum Gasteiger partial charge on any atom is -0.459 e. The van der Waals surface area contributed by atoms with Crippen molar-refractivity contribution in [3.05, 3.63) is 58.7 Å². The van der Waals surface area contributed by atoms with Crippen LogP contribution in [0, 0.1) is 28.6 Å². The van der Waals surface area contributed by atoms with Crippen LogP contribution in [0.4, 0.5) is 0 Å².